The zero-order valence-electron chi connectivity index (χ0n) is 16.6. The number of aliphatic hydroxyl groups is 3. The van der Waals surface area contributed by atoms with Gasteiger partial charge in [0.15, 0.2) is 0 Å². The van der Waals surface area contributed by atoms with Crippen LogP contribution in [0.1, 0.15) is 67.9 Å². The van der Waals surface area contributed by atoms with Gasteiger partial charge < -0.3 is 15.3 Å². The van der Waals surface area contributed by atoms with Gasteiger partial charge in [-0.3, -0.25) is 0 Å². The topological polar surface area (TPSA) is 60.7 Å². The molecule has 0 bridgehead atoms. The molecule has 0 fully saturated rings. The molecule has 4 heteroatoms. The third-order valence-corrected chi connectivity index (χ3v) is 1.47. The molecule has 1 aromatic carbocycles. The fourth-order valence-electron chi connectivity index (χ4n) is 1.14. The SMILES string of the molecule is CC(C)(C)C[c-]1cccc1.CC(C)O.CC(C)O.CC(C)O.[Ti]. The van der Waals surface area contributed by atoms with Crippen LogP contribution in [0.2, 0.25) is 0 Å². The van der Waals surface area contributed by atoms with Gasteiger partial charge >= 0.3 is 0 Å². The largest absolute Gasteiger partial charge is 0.394 e. The van der Waals surface area contributed by atoms with E-state index in [9.17, 15) is 0 Å². The molecule has 0 radical (unpaired) electrons. The van der Waals surface area contributed by atoms with Gasteiger partial charge in [-0.25, -0.2) is 12.1 Å². The van der Waals surface area contributed by atoms with Gasteiger partial charge in [-0.05, 0) is 47.0 Å². The summed E-state index contributed by atoms with van der Waals surface area (Å²) in [4.78, 5) is 0. The van der Waals surface area contributed by atoms with Gasteiger partial charge in [-0.1, -0.05) is 27.2 Å². The Morgan fingerprint density at radius 1 is 0.739 bits per heavy atom. The first-order chi connectivity index (χ1) is 9.77. The Balaban J connectivity index is -0.000000118. The molecule has 1 aromatic rings. The van der Waals surface area contributed by atoms with Crippen LogP contribution in [0, 0.1) is 5.41 Å². The zero-order chi connectivity index (χ0) is 18.3. The van der Waals surface area contributed by atoms with Gasteiger partial charge in [0.2, 0.25) is 0 Å². The molecule has 1 rings (SSSR count). The van der Waals surface area contributed by atoms with Crippen LogP contribution in [0.5, 0.6) is 0 Å². The second kappa shape index (κ2) is 18.3. The van der Waals surface area contributed by atoms with Crippen LogP contribution >= 0.6 is 0 Å². The van der Waals surface area contributed by atoms with Crippen molar-refractivity contribution in [3.8, 4) is 0 Å². The molecule has 0 aliphatic rings. The van der Waals surface area contributed by atoms with E-state index in [1.165, 1.54) is 12.0 Å². The Labute approximate surface area is 159 Å². The summed E-state index contributed by atoms with van der Waals surface area (Å²) in [6.07, 6.45) is 0.681. The van der Waals surface area contributed by atoms with Gasteiger partial charge in [0.05, 0.1) is 0 Å². The van der Waals surface area contributed by atoms with Crippen molar-refractivity contribution >= 4 is 0 Å². The van der Waals surface area contributed by atoms with E-state index in [0.29, 0.717) is 5.41 Å². The van der Waals surface area contributed by atoms with E-state index in [0.717, 1.165) is 0 Å². The molecule has 0 heterocycles. The minimum Gasteiger partial charge on any atom is -0.394 e. The van der Waals surface area contributed by atoms with Crippen LogP contribution in [0.15, 0.2) is 24.3 Å². The van der Waals surface area contributed by atoms with E-state index < -0.39 is 0 Å². The summed E-state index contributed by atoms with van der Waals surface area (Å²) in [5.74, 6) is 0. The number of hydrogen-bond acceptors (Lipinski definition) is 3. The van der Waals surface area contributed by atoms with Crippen LogP contribution in [-0.4, -0.2) is 33.6 Å². The first-order valence-electron chi connectivity index (χ1n) is 8.02. The molecule has 0 aromatic heterocycles. The zero-order valence-corrected chi connectivity index (χ0v) is 18.2. The van der Waals surface area contributed by atoms with E-state index in [1.807, 2.05) is 0 Å². The Morgan fingerprint density at radius 2 is 0.957 bits per heavy atom. The fourth-order valence-corrected chi connectivity index (χ4v) is 1.14. The van der Waals surface area contributed by atoms with E-state index in [2.05, 4.69) is 45.0 Å². The van der Waals surface area contributed by atoms with Crippen molar-refractivity contribution in [1.82, 2.24) is 0 Å². The second-order valence-corrected chi connectivity index (χ2v) is 7.31. The summed E-state index contributed by atoms with van der Waals surface area (Å²) in [6, 6.07) is 8.57. The maximum Gasteiger partial charge on any atom is 0.0483 e. The van der Waals surface area contributed by atoms with Crippen molar-refractivity contribution in [2.24, 2.45) is 5.41 Å². The predicted octanol–water partition coefficient (Wildman–Crippen LogP) is 4.15. The summed E-state index contributed by atoms with van der Waals surface area (Å²) in [6.45, 7) is 17.1. The van der Waals surface area contributed by atoms with Crippen LogP contribution in [0.4, 0.5) is 0 Å². The van der Waals surface area contributed by atoms with Crippen LogP contribution in [0.3, 0.4) is 0 Å². The van der Waals surface area contributed by atoms with Crippen molar-refractivity contribution in [3.05, 3.63) is 29.8 Å². The summed E-state index contributed by atoms with van der Waals surface area (Å²) in [7, 11) is 0. The molecule has 0 atom stereocenters. The molecule has 23 heavy (non-hydrogen) atoms. The Morgan fingerprint density at radius 3 is 1.13 bits per heavy atom. The third kappa shape index (κ3) is 61.2. The van der Waals surface area contributed by atoms with Crippen molar-refractivity contribution in [1.29, 1.82) is 0 Å². The van der Waals surface area contributed by atoms with E-state index in [1.54, 1.807) is 41.5 Å². The molecule has 3 nitrogen and oxygen atoms in total. The van der Waals surface area contributed by atoms with Crippen LogP contribution < -0.4 is 0 Å². The molecular formula is C19H39O3Ti-. The second-order valence-electron chi connectivity index (χ2n) is 7.31. The number of rotatable bonds is 1. The van der Waals surface area contributed by atoms with E-state index >= 15 is 0 Å². The van der Waals surface area contributed by atoms with E-state index in [-0.39, 0.29) is 40.0 Å². The molecule has 3 N–H and O–H groups in total. The Kier molecular flexibility index (Phi) is 24.5. The average molecular weight is 363 g/mol. The maximum atomic E-state index is 8.06. The predicted molar refractivity (Wildman–Crippen MR) is 97.3 cm³/mol. The van der Waals surface area contributed by atoms with Gasteiger partial charge in [0.25, 0.3) is 0 Å². The summed E-state index contributed by atoms with van der Waals surface area (Å²) >= 11 is 0. The Hall–Kier alpha value is -0.0557. The first kappa shape index (κ1) is 30.8. The number of hydrogen-bond donors (Lipinski definition) is 3. The molecular weight excluding hydrogens is 324 g/mol. The minimum atomic E-state index is -0.167. The smallest absolute Gasteiger partial charge is 0.0483 e. The summed E-state index contributed by atoms with van der Waals surface area (Å²) in [5.41, 5.74) is 1.88. The third-order valence-electron chi connectivity index (χ3n) is 1.47. The normalized spacial score (nSPS) is 9.87. The van der Waals surface area contributed by atoms with Gasteiger partial charge in [-0.2, -0.15) is 17.7 Å². The maximum absolute atomic E-state index is 8.06. The van der Waals surface area contributed by atoms with Crippen molar-refractivity contribution in [2.75, 3.05) is 0 Å². The Bertz CT molecular complexity index is 276. The molecule has 0 saturated carbocycles. The molecule has 0 spiro atoms. The summed E-state index contributed by atoms with van der Waals surface area (Å²) in [5, 5.41) is 24.2. The van der Waals surface area contributed by atoms with Gasteiger partial charge in [0.1, 0.15) is 0 Å². The van der Waals surface area contributed by atoms with Gasteiger partial charge in [0, 0.05) is 40.0 Å². The summed E-state index contributed by atoms with van der Waals surface area (Å²) < 4.78 is 0. The van der Waals surface area contributed by atoms with Crippen LogP contribution in [0.25, 0.3) is 0 Å². The van der Waals surface area contributed by atoms with E-state index in [4.69, 9.17) is 15.3 Å². The van der Waals surface area contributed by atoms with Crippen molar-refractivity contribution < 1.29 is 37.0 Å². The van der Waals surface area contributed by atoms with Crippen LogP contribution in [-0.2, 0) is 28.1 Å². The molecule has 0 amide bonds. The number of aliphatic hydroxyl groups excluding tert-OH is 3. The van der Waals surface area contributed by atoms with Crippen molar-refractivity contribution in [3.63, 3.8) is 0 Å². The molecule has 0 unspecified atom stereocenters. The minimum absolute atomic E-state index is 0. The average Bonchev–Trinajstić information content (AvgIpc) is 2.63. The monoisotopic (exact) mass is 363 g/mol. The quantitative estimate of drug-likeness (QED) is 0.519. The standard InChI is InChI=1S/C10H15.3C3H8O.Ti/c1-10(2,3)8-9-6-4-5-7-9;3*1-3(2)4;/h4-7H,8H2,1-3H3;3*3-4H,1-2H3;/q-1;;;;. The first-order valence-corrected chi connectivity index (χ1v) is 8.02. The van der Waals surface area contributed by atoms with Crippen molar-refractivity contribution in [2.45, 2.75) is 87.0 Å². The molecule has 138 valence electrons. The molecule has 0 saturated heterocycles. The molecule has 0 aliphatic carbocycles. The van der Waals surface area contributed by atoms with Gasteiger partial charge in [-0.15, -0.1) is 0 Å². The fraction of sp³-hybridized carbons (Fsp3) is 0.737. The molecule has 0 aliphatic heterocycles.